The molecule has 0 aliphatic carbocycles. The summed E-state index contributed by atoms with van der Waals surface area (Å²) in [5.41, 5.74) is 2.11. The zero-order valence-corrected chi connectivity index (χ0v) is 10.6. The summed E-state index contributed by atoms with van der Waals surface area (Å²) in [6.07, 6.45) is 3.49. The fraction of sp³-hybridized carbons (Fsp3) is 0.462. The van der Waals surface area contributed by atoms with Gasteiger partial charge in [0.15, 0.2) is 0 Å². The van der Waals surface area contributed by atoms with E-state index in [1.165, 1.54) is 18.4 Å². The largest absolute Gasteiger partial charge is 0.325 e. The van der Waals surface area contributed by atoms with Crippen molar-refractivity contribution in [1.82, 2.24) is 0 Å². The number of carbonyl (C=O) groups is 1. The molecule has 0 bridgehead atoms. The Bertz CT molecular complexity index is 332. The Kier molecular flexibility index (Phi) is 5.33. The molecule has 3 heteroatoms. The molecule has 0 saturated carbocycles. The summed E-state index contributed by atoms with van der Waals surface area (Å²) in [7, 11) is 0. The Labute approximate surface area is 102 Å². The molecule has 1 aromatic carbocycles. The van der Waals surface area contributed by atoms with Crippen molar-refractivity contribution in [2.45, 2.75) is 38.5 Å². The van der Waals surface area contributed by atoms with Gasteiger partial charge in [0.1, 0.15) is 5.38 Å². The predicted octanol–water partition coefficient (Wildman–Crippen LogP) is 3.60. The summed E-state index contributed by atoms with van der Waals surface area (Å²) in [5, 5.41) is 2.25. The molecule has 1 rings (SSSR count). The molecule has 1 amide bonds. The summed E-state index contributed by atoms with van der Waals surface area (Å²) in [6.45, 7) is 3.84. The average molecular weight is 240 g/mol. The topological polar surface area (TPSA) is 29.1 Å². The highest BCUT2D eigenvalue weighted by atomic mass is 35.5. The first-order valence-corrected chi connectivity index (χ1v) is 6.11. The minimum atomic E-state index is -0.500. The van der Waals surface area contributed by atoms with Crippen LogP contribution < -0.4 is 5.32 Å². The Morgan fingerprint density at radius 2 is 2.00 bits per heavy atom. The number of hydrogen-bond donors (Lipinski definition) is 1. The van der Waals surface area contributed by atoms with Crippen LogP contribution in [0.25, 0.3) is 0 Å². The molecule has 0 fully saturated rings. The number of amides is 1. The van der Waals surface area contributed by atoms with Gasteiger partial charge in [0.2, 0.25) is 5.91 Å². The highest BCUT2D eigenvalue weighted by molar-refractivity contribution is 6.32. The van der Waals surface area contributed by atoms with Crippen molar-refractivity contribution in [3.63, 3.8) is 0 Å². The van der Waals surface area contributed by atoms with Crippen LogP contribution in [0.2, 0.25) is 0 Å². The van der Waals surface area contributed by atoms with Crippen LogP contribution in [0.4, 0.5) is 5.69 Å². The van der Waals surface area contributed by atoms with E-state index in [1.807, 2.05) is 24.3 Å². The van der Waals surface area contributed by atoms with Crippen LogP contribution in [0.3, 0.4) is 0 Å². The molecule has 2 nitrogen and oxygen atoms in total. The molecule has 0 spiro atoms. The number of aryl methyl sites for hydroxylation is 1. The molecule has 0 aliphatic rings. The molecular weight excluding hydrogens is 222 g/mol. The predicted molar refractivity (Wildman–Crippen MR) is 69.0 cm³/mol. The lowest BCUT2D eigenvalue weighted by Crippen LogP contribution is -2.20. The van der Waals surface area contributed by atoms with Crippen LogP contribution in [0.1, 0.15) is 32.3 Å². The normalized spacial score (nSPS) is 12.2. The number of benzene rings is 1. The molecule has 1 N–H and O–H groups in total. The standard InChI is InChI=1S/C13H18ClNO/c1-3-4-5-11-6-8-12(9-7-11)15-13(16)10(2)14/h6-10H,3-5H2,1-2H3,(H,15,16)/t10-/m1/s1. The third-order valence-electron chi connectivity index (χ3n) is 2.40. The number of anilines is 1. The maximum atomic E-state index is 11.3. The van der Waals surface area contributed by atoms with Gasteiger partial charge in [0.25, 0.3) is 0 Å². The Balaban J connectivity index is 2.54. The maximum absolute atomic E-state index is 11.3. The van der Waals surface area contributed by atoms with Crippen LogP contribution in [0.5, 0.6) is 0 Å². The monoisotopic (exact) mass is 239 g/mol. The van der Waals surface area contributed by atoms with Crippen LogP contribution in [0.15, 0.2) is 24.3 Å². The molecule has 0 aromatic heterocycles. The van der Waals surface area contributed by atoms with Crippen LogP contribution in [-0.4, -0.2) is 11.3 Å². The number of hydrogen-bond acceptors (Lipinski definition) is 1. The zero-order valence-electron chi connectivity index (χ0n) is 9.79. The summed E-state index contributed by atoms with van der Waals surface area (Å²) in [6, 6.07) is 7.93. The lowest BCUT2D eigenvalue weighted by Gasteiger charge is -2.07. The number of nitrogens with one attached hydrogen (secondary N) is 1. The van der Waals surface area contributed by atoms with Crippen LogP contribution in [0, 0.1) is 0 Å². The second-order valence-electron chi connectivity index (χ2n) is 3.91. The van der Waals surface area contributed by atoms with E-state index in [-0.39, 0.29) is 5.91 Å². The lowest BCUT2D eigenvalue weighted by molar-refractivity contribution is -0.115. The van der Waals surface area contributed by atoms with E-state index in [0.717, 1.165) is 12.1 Å². The van der Waals surface area contributed by atoms with Gasteiger partial charge in [0.05, 0.1) is 0 Å². The Hall–Kier alpha value is -1.02. The average Bonchev–Trinajstić information content (AvgIpc) is 2.28. The molecule has 16 heavy (non-hydrogen) atoms. The van der Waals surface area contributed by atoms with E-state index in [0.29, 0.717) is 0 Å². The van der Waals surface area contributed by atoms with Gasteiger partial charge in [-0.15, -0.1) is 11.6 Å². The number of carbonyl (C=O) groups excluding carboxylic acids is 1. The second kappa shape index (κ2) is 6.54. The van der Waals surface area contributed by atoms with Gasteiger partial charge >= 0.3 is 0 Å². The van der Waals surface area contributed by atoms with E-state index in [1.54, 1.807) is 6.92 Å². The van der Waals surface area contributed by atoms with Gasteiger partial charge in [0, 0.05) is 5.69 Å². The molecule has 0 aliphatic heterocycles. The quantitative estimate of drug-likeness (QED) is 0.782. The minimum Gasteiger partial charge on any atom is -0.325 e. The van der Waals surface area contributed by atoms with Gasteiger partial charge < -0.3 is 5.32 Å². The lowest BCUT2D eigenvalue weighted by atomic mass is 10.1. The molecule has 88 valence electrons. The van der Waals surface area contributed by atoms with Crippen molar-refractivity contribution in [3.05, 3.63) is 29.8 Å². The SMILES string of the molecule is CCCCc1ccc(NC(=O)[C@@H](C)Cl)cc1. The molecule has 1 atom stereocenters. The summed E-state index contributed by atoms with van der Waals surface area (Å²) in [4.78, 5) is 11.3. The van der Waals surface area contributed by atoms with Crippen molar-refractivity contribution in [1.29, 1.82) is 0 Å². The molecule has 0 unspecified atom stereocenters. The number of alkyl halides is 1. The van der Waals surface area contributed by atoms with E-state index in [2.05, 4.69) is 12.2 Å². The number of halogens is 1. The molecule has 0 heterocycles. The summed E-state index contributed by atoms with van der Waals surface area (Å²) < 4.78 is 0. The molecule has 1 aromatic rings. The van der Waals surface area contributed by atoms with Crippen molar-refractivity contribution >= 4 is 23.2 Å². The van der Waals surface area contributed by atoms with E-state index >= 15 is 0 Å². The number of rotatable bonds is 5. The number of unbranched alkanes of at least 4 members (excludes halogenated alkanes) is 1. The molecule has 0 radical (unpaired) electrons. The van der Waals surface area contributed by atoms with Gasteiger partial charge in [-0.2, -0.15) is 0 Å². The van der Waals surface area contributed by atoms with Crippen molar-refractivity contribution in [3.8, 4) is 0 Å². The first-order chi connectivity index (χ1) is 7.63. The smallest absolute Gasteiger partial charge is 0.242 e. The zero-order chi connectivity index (χ0) is 12.0. The summed E-state index contributed by atoms with van der Waals surface area (Å²) >= 11 is 5.67. The van der Waals surface area contributed by atoms with E-state index in [4.69, 9.17) is 11.6 Å². The summed E-state index contributed by atoms with van der Waals surface area (Å²) in [5.74, 6) is -0.164. The third kappa shape index (κ3) is 4.23. The van der Waals surface area contributed by atoms with Gasteiger partial charge in [-0.05, 0) is 37.5 Å². The van der Waals surface area contributed by atoms with Gasteiger partial charge in [-0.1, -0.05) is 25.5 Å². The first kappa shape index (κ1) is 13.0. The second-order valence-corrected chi connectivity index (χ2v) is 4.56. The van der Waals surface area contributed by atoms with Gasteiger partial charge in [-0.25, -0.2) is 0 Å². The van der Waals surface area contributed by atoms with Crippen LogP contribution in [-0.2, 0) is 11.2 Å². The maximum Gasteiger partial charge on any atom is 0.242 e. The highest BCUT2D eigenvalue weighted by Gasteiger charge is 2.08. The van der Waals surface area contributed by atoms with E-state index in [9.17, 15) is 4.79 Å². The Morgan fingerprint density at radius 1 is 1.38 bits per heavy atom. The fourth-order valence-electron chi connectivity index (χ4n) is 1.38. The van der Waals surface area contributed by atoms with Crippen molar-refractivity contribution in [2.75, 3.05) is 5.32 Å². The molecular formula is C13H18ClNO. The van der Waals surface area contributed by atoms with Gasteiger partial charge in [-0.3, -0.25) is 4.79 Å². The van der Waals surface area contributed by atoms with E-state index < -0.39 is 5.38 Å². The van der Waals surface area contributed by atoms with Crippen LogP contribution >= 0.6 is 11.6 Å². The third-order valence-corrected chi connectivity index (χ3v) is 2.60. The molecule has 0 saturated heterocycles. The van der Waals surface area contributed by atoms with Crippen molar-refractivity contribution < 1.29 is 4.79 Å². The minimum absolute atomic E-state index is 0.164. The Morgan fingerprint density at radius 3 is 2.50 bits per heavy atom. The fourth-order valence-corrected chi connectivity index (χ4v) is 1.43. The first-order valence-electron chi connectivity index (χ1n) is 5.67. The van der Waals surface area contributed by atoms with Crippen molar-refractivity contribution in [2.24, 2.45) is 0 Å². The highest BCUT2D eigenvalue weighted by Crippen LogP contribution is 2.12.